The van der Waals surface area contributed by atoms with Gasteiger partial charge in [0.25, 0.3) is 0 Å². The number of hydrogen-bond donors (Lipinski definition) is 2. The van der Waals surface area contributed by atoms with Crippen molar-refractivity contribution in [2.24, 2.45) is 0 Å². The molecule has 0 radical (unpaired) electrons. The molecule has 0 unspecified atom stereocenters. The molecule has 0 fully saturated rings. The highest BCUT2D eigenvalue weighted by Gasteiger charge is 2.26. The number of ether oxygens (including phenoxy) is 4. The SMILES string of the molecule is COCC[n+]1cccc(-c2c3nc(c(-c4cccc[n+]4CCOC)c4ccc([nH]4)c(-c4cccc[n+]4CCOC)c4nc(c(-c5cccc[n+]5CCOC)c5ccc2[nH]5)C=C4)C=C3)c1. The molecule has 9 rings (SSSR count). The number of nitrogens with one attached hydrogen (secondary N) is 2. The van der Waals surface area contributed by atoms with E-state index in [-0.39, 0.29) is 0 Å². The van der Waals surface area contributed by atoms with Gasteiger partial charge >= 0.3 is 0 Å². The molecule has 0 aliphatic carbocycles. The van der Waals surface area contributed by atoms with Gasteiger partial charge in [0.1, 0.15) is 26.4 Å². The van der Waals surface area contributed by atoms with Crippen LogP contribution >= 0.6 is 0 Å². The topological polar surface area (TPSA) is 110 Å². The molecule has 322 valence electrons. The Labute approximate surface area is 373 Å². The minimum absolute atomic E-state index is 0.556. The number of fused-ring (bicyclic) bond motifs is 8. The molecule has 2 N–H and O–H groups in total. The van der Waals surface area contributed by atoms with Gasteiger partial charge in [-0.1, -0.05) is 0 Å². The highest BCUT2D eigenvalue weighted by Crippen LogP contribution is 2.37. The molecule has 2 aliphatic heterocycles. The predicted molar refractivity (Wildman–Crippen MR) is 249 cm³/mol. The maximum absolute atomic E-state index is 5.59. The van der Waals surface area contributed by atoms with Crippen LogP contribution in [0.2, 0.25) is 0 Å². The van der Waals surface area contributed by atoms with Crippen LogP contribution in [0.1, 0.15) is 22.8 Å². The lowest BCUT2D eigenvalue weighted by Gasteiger charge is -2.07. The summed E-state index contributed by atoms with van der Waals surface area (Å²) in [6.07, 6.45) is 19.1. The van der Waals surface area contributed by atoms with E-state index in [1.54, 1.807) is 28.4 Å². The van der Waals surface area contributed by atoms with E-state index in [9.17, 15) is 0 Å². The lowest BCUT2D eigenvalue weighted by molar-refractivity contribution is -0.697. The van der Waals surface area contributed by atoms with Crippen LogP contribution in [-0.4, -0.2) is 74.8 Å². The fourth-order valence-electron chi connectivity index (χ4n) is 8.59. The number of aromatic amines is 2. The fourth-order valence-corrected chi connectivity index (χ4v) is 8.59. The van der Waals surface area contributed by atoms with E-state index < -0.39 is 0 Å². The molecule has 64 heavy (non-hydrogen) atoms. The first-order chi connectivity index (χ1) is 31.6. The van der Waals surface area contributed by atoms with Gasteiger partial charge < -0.3 is 28.9 Å². The summed E-state index contributed by atoms with van der Waals surface area (Å²) < 4.78 is 31.1. The highest BCUT2D eigenvalue weighted by molar-refractivity contribution is 5.98. The standard InChI is InChI=1S/C52H53N8O4/c1-61-32-28-57-24-11-12-37(36-57)49-38-16-18-40(53-38)50(46-13-5-8-25-58(46)29-33-62-2)42-20-22-44(55-42)52(48-15-7-10-27-60(48)31-35-64-4)45-23-21-43(56-45)51(41-19-17-39(49)54-41)47-14-6-9-26-59(47)30-34-63-3/h5-27,36H,28-35H2,1-4H3,(H,53,54,55,56)/q+3/p+1. The van der Waals surface area contributed by atoms with E-state index in [2.05, 4.69) is 175 Å². The Bertz CT molecular complexity index is 2990. The van der Waals surface area contributed by atoms with Crippen LogP contribution in [0.25, 0.3) is 91.3 Å². The van der Waals surface area contributed by atoms with Crippen molar-refractivity contribution in [3.8, 4) is 44.9 Å². The van der Waals surface area contributed by atoms with Crippen LogP contribution in [0.15, 0.2) is 122 Å². The van der Waals surface area contributed by atoms with Gasteiger partial charge in [-0.3, -0.25) is 0 Å². The average Bonchev–Trinajstić information content (AvgIpc) is 4.18. The predicted octanol–water partition coefficient (Wildman–Crippen LogP) is 7.06. The molecular formula is C52H54N8O4+4. The van der Waals surface area contributed by atoms with Crippen molar-refractivity contribution < 1.29 is 37.2 Å². The molecule has 12 nitrogen and oxygen atoms in total. The summed E-state index contributed by atoms with van der Waals surface area (Å²) in [7, 11) is 6.94. The van der Waals surface area contributed by atoms with Crippen LogP contribution in [0.5, 0.6) is 0 Å². The number of hydrogen-bond acceptors (Lipinski definition) is 6. The number of nitrogens with zero attached hydrogens (tertiary/aromatic N) is 6. The second kappa shape index (κ2) is 19.6. The largest absolute Gasteiger partial charge is 0.378 e. The Balaban J connectivity index is 1.45. The van der Waals surface area contributed by atoms with Crippen molar-refractivity contribution in [3.63, 3.8) is 0 Å². The quantitative estimate of drug-likeness (QED) is 0.101. The summed E-state index contributed by atoms with van der Waals surface area (Å²) in [4.78, 5) is 18.9. The Hall–Kier alpha value is -6.96. The molecule has 7 aromatic heterocycles. The summed E-state index contributed by atoms with van der Waals surface area (Å²) in [5.74, 6) is 0. The second-order valence-electron chi connectivity index (χ2n) is 15.6. The van der Waals surface area contributed by atoms with E-state index in [0.29, 0.717) is 52.6 Å². The Morgan fingerprint density at radius 2 is 0.781 bits per heavy atom. The van der Waals surface area contributed by atoms with Crippen LogP contribution in [0.4, 0.5) is 0 Å². The van der Waals surface area contributed by atoms with E-state index in [1.807, 2.05) is 0 Å². The van der Waals surface area contributed by atoms with Crippen molar-refractivity contribution in [2.75, 3.05) is 54.9 Å². The Morgan fingerprint density at radius 1 is 0.406 bits per heavy atom. The van der Waals surface area contributed by atoms with Crippen molar-refractivity contribution in [1.82, 2.24) is 19.9 Å². The average molecular weight is 855 g/mol. The third kappa shape index (κ3) is 8.69. The molecule has 8 bridgehead atoms. The lowest BCUT2D eigenvalue weighted by atomic mass is 10.1. The normalized spacial score (nSPS) is 12.1. The van der Waals surface area contributed by atoms with Crippen molar-refractivity contribution in [3.05, 3.63) is 145 Å². The van der Waals surface area contributed by atoms with Gasteiger partial charge in [-0.15, -0.1) is 0 Å². The zero-order valence-electron chi connectivity index (χ0n) is 36.8. The fraction of sp³-hybridized carbons (Fsp3) is 0.231. The number of H-pyrrole nitrogens is 2. The maximum atomic E-state index is 5.59. The highest BCUT2D eigenvalue weighted by atomic mass is 16.5. The maximum Gasteiger partial charge on any atom is 0.216 e. The van der Waals surface area contributed by atoms with Gasteiger partial charge in [0, 0.05) is 87.5 Å². The number of aromatic nitrogens is 8. The lowest BCUT2D eigenvalue weighted by Crippen LogP contribution is -2.38. The third-order valence-corrected chi connectivity index (χ3v) is 11.7. The molecular weight excluding hydrogens is 801 g/mol. The van der Waals surface area contributed by atoms with E-state index in [1.165, 1.54) is 0 Å². The minimum atomic E-state index is 0.556. The monoisotopic (exact) mass is 854 g/mol. The van der Waals surface area contributed by atoms with Crippen molar-refractivity contribution >= 4 is 46.4 Å². The molecule has 9 heterocycles. The number of rotatable bonds is 16. The van der Waals surface area contributed by atoms with Crippen molar-refractivity contribution in [2.45, 2.75) is 26.2 Å². The molecule has 2 aliphatic rings. The van der Waals surface area contributed by atoms with Gasteiger partial charge in [0.05, 0.1) is 56.0 Å². The number of methoxy groups -OCH3 is 4. The molecule has 0 aromatic carbocycles. The summed E-state index contributed by atoms with van der Waals surface area (Å²) in [6.45, 7) is 4.97. The first kappa shape index (κ1) is 42.3. The van der Waals surface area contributed by atoms with Gasteiger partial charge in [0.2, 0.25) is 17.1 Å². The van der Waals surface area contributed by atoms with E-state index >= 15 is 0 Å². The second-order valence-corrected chi connectivity index (χ2v) is 15.6. The molecule has 12 heteroatoms. The summed E-state index contributed by atoms with van der Waals surface area (Å²) in [6, 6.07) is 31.7. The smallest absolute Gasteiger partial charge is 0.216 e. The molecule has 0 saturated heterocycles. The molecule has 0 amide bonds. The Morgan fingerprint density at radius 3 is 1.19 bits per heavy atom. The molecule has 7 aromatic rings. The van der Waals surface area contributed by atoms with Gasteiger partial charge in [-0.05, 0) is 72.8 Å². The molecule has 0 atom stereocenters. The van der Waals surface area contributed by atoms with E-state index in [4.69, 9.17) is 28.9 Å². The van der Waals surface area contributed by atoms with Crippen LogP contribution in [0.3, 0.4) is 0 Å². The first-order valence-corrected chi connectivity index (χ1v) is 21.7. The van der Waals surface area contributed by atoms with Crippen LogP contribution < -0.4 is 18.3 Å². The van der Waals surface area contributed by atoms with Crippen LogP contribution in [-0.2, 0) is 45.1 Å². The third-order valence-electron chi connectivity index (χ3n) is 11.7. The molecule has 0 saturated carbocycles. The van der Waals surface area contributed by atoms with Gasteiger partial charge in [-0.2, -0.15) is 13.7 Å². The molecule has 0 spiro atoms. The summed E-state index contributed by atoms with van der Waals surface area (Å²) in [5.41, 5.74) is 14.9. The van der Waals surface area contributed by atoms with Gasteiger partial charge in [0.15, 0.2) is 57.2 Å². The Kier molecular flexibility index (Phi) is 13.0. The van der Waals surface area contributed by atoms with Crippen LogP contribution in [0, 0.1) is 0 Å². The minimum Gasteiger partial charge on any atom is -0.378 e. The van der Waals surface area contributed by atoms with Gasteiger partial charge in [-0.25, -0.2) is 14.5 Å². The first-order valence-electron chi connectivity index (χ1n) is 21.7. The summed E-state index contributed by atoms with van der Waals surface area (Å²) >= 11 is 0. The number of pyridine rings is 4. The van der Waals surface area contributed by atoms with Crippen molar-refractivity contribution in [1.29, 1.82) is 0 Å². The van der Waals surface area contributed by atoms with E-state index in [0.717, 1.165) is 89.7 Å². The zero-order valence-corrected chi connectivity index (χ0v) is 36.8. The summed E-state index contributed by atoms with van der Waals surface area (Å²) in [5, 5.41) is 0. The zero-order chi connectivity index (χ0) is 43.8.